The number of hydrogen-bond acceptors (Lipinski definition) is 4. The van der Waals surface area contributed by atoms with Gasteiger partial charge in [0, 0.05) is 0 Å². The third-order valence-corrected chi connectivity index (χ3v) is 6.41. The molecular formula is C16H17F3N2O4S2. The van der Waals surface area contributed by atoms with E-state index in [1.54, 1.807) is 13.8 Å². The normalized spacial score (nSPS) is 13.1. The van der Waals surface area contributed by atoms with Gasteiger partial charge < -0.3 is 0 Å². The Hall–Kier alpha value is -1.95. The van der Waals surface area contributed by atoms with Gasteiger partial charge in [-0.15, -0.1) is 0 Å². The average molecular weight is 422 g/mol. The fraction of sp³-hybridized carbons (Fsp3) is 0.250. The molecule has 0 aliphatic heterocycles. The molecule has 0 saturated heterocycles. The van der Waals surface area contributed by atoms with Crippen LogP contribution >= 0.6 is 0 Å². The molecule has 11 heteroatoms. The van der Waals surface area contributed by atoms with Crippen molar-refractivity contribution in [1.82, 2.24) is 9.44 Å². The van der Waals surface area contributed by atoms with Crippen LogP contribution < -0.4 is 9.44 Å². The molecule has 0 heterocycles. The standard InChI is InChI=1S/C16H17F3N2O4S2/c1-11-3-7-13(8-4-11)26(22,23)20-15(16(17,18)19)21-27(24,25)14-9-5-12(2)6-10-14/h3-10,15,20-21H,1-2H3. The number of aryl methyl sites for hydroxylation is 2. The third-order valence-electron chi connectivity index (χ3n) is 3.54. The molecule has 0 aliphatic carbocycles. The lowest BCUT2D eigenvalue weighted by Crippen LogP contribution is -2.56. The Morgan fingerprint density at radius 1 is 0.704 bits per heavy atom. The summed E-state index contributed by atoms with van der Waals surface area (Å²) in [5, 5.41) is 0. The summed E-state index contributed by atoms with van der Waals surface area (Å²) < 4.78 is 91.5. The van der Waals surface area contributed by atoms with Crippen molar-refractivity contribution in [2.24, 2.45) is 0 Å². The lowest BCUT2D eigenvalue weighted by Gasteiger charge is -2.22. The first-order valence-corrected chi connectivity index (χ1v) is 10.5. The Bertz CT molecular complexity index is 924. The molecule has 0 fully saturated rings. The maximum absolute atomic E-state index is 13.3. The smallest absolute Gasteiger partial charge is 0.207 e. The van der Waals surface area contributed by atoms with E-state index in [0.29, 0.717) is 11.1 Å². The highest BCUT2D eigenvalue weighted by atomic mass is 32.2. The molecule has 0 radical (unpaired) electrons. The van der Waals surface area contributed by atoms with Crippen LogP contribution in [0.1, 0.15) is 11.1 Å². The number of alkyl halides is 3. The van der Waals surface area contributed by atoms with Crippen LogP contribution in [-0.4, -0.2) is 29.2 Å². The van der Waals surface area contributed by atoms with Crippen molar-refractivity contribution in [3.63, 3.8) is 0 Å². The summed E-state index contributed by atoms with van der Waals surface area (Å²) in [4.78, 5) is -0.839. The Morgan fingerprint density at radius 2 is 1.00 bits per heavy atom. The number of halogens is 3. The Kier molecular flexibility index (Phi) is 6.00. The van der Waals surface area contributed by atoms with Crippen LogP contribution in [0, 0.1) is 13.8 Å². The Morgan fingerprint density at radius 3 is 1.26 bits per heavy atom. The Balaban J connectivity index is 2.33. The summed E-state index contributed by atoms with van der Waals surface area (Å²) >= 11 is 0. The SMILES string of the molecule is Cc1ccc(S(=O)(=O)NC(NS(=O)(=O)c2ccc(C)cc2)C(F)(F)F)cc1. The van der Waals surface area contributed by atoms with Crippen LogP contribution in [0.15, 0.2) is 58.3 Å². The second-order valence-electron chi connectivity index (χ2n) is 5.84. The number of sulfonamides is 2. The van der Waals surface area contributed by atoms with Crippen LogP contribution in [-0.2, 0) is 20.0 Å². The minimum atomic E-state index is -5.20. The third kappa shape index (κ3) is 5.51. The van der Waals surface area contributed by atoms with E-state index < -0.39 is 42.2 Å². The largest absolute Gasteiger partial charge is 0.418 e. The molecular weight excluding hydrogens is 405 g/mol. The van der Waals surface area contributed by atoms with E-state index in [2.05, 4.69) is 0 Å². The van der Waals surface area contributed by atoms with Gasteiger partial charge in [0.25, 0.3) is 0 Å². The van der Waals surface area contributed by atoms with Crippen molar-refractivity contribution in [3.05, 3.63) is 59.7 Å². The van der Waals surface area contributed by atoms with Crippen molar-refractivity contribution in [2.45, 2.75) is 36.0 Å². The first kappa shape index (κ1) is 21.4. The second-order valence-corrected chi connectivity index (χ2v) is 9.27. The topological polar surface area (TPSA) is 92.3 Å². The van der Waals surface area contributed by atoms with Gasteiger partial charge in [-0.25, -0.2) is 16.8 Å². The van der Waals surface area contributed by atoms with Gasteiger partial charge in [-0.2, -0.15) is 22.6 Å². The van der Waals surface area contributed by atoms with E-state index in [0.717, 1.165) is 24.3 Å². The molecule has 0 unspecified atom stereocenters. The first-order chi connectivity index (χ1) is 12.3. The zero-order chi connectivity index (χ0) is 20.5. The van der Waals surface area contributed by atoms with E-state index >= 15 is 0 Å². The minimum Gasteiger partial charge on any atom is -0.207 e. The average Bonchev–Trinajstić information content (AvgIpc) is 2.54. The molecule has 27 heavy (non-hydrogen) atoms. The zero-order valence-electron chi connectivity index (χ0n) is 14.3. The predicted molar refractivity (Wildman–Crippen MR) is 92.8 cm³/mol. The minimum absolute atomic E-state index is 0.420. The number of rotatable bonds is 6. The van der Waals surface area contributed by atoms with E-state index in [4.69, 9.17) is 0 Å². The zero-order valence-corrected chi connectivity index (χ0v) is 15.9. The molecule has 0 spiro atoms. The van der Waals surface area contributed by atoms with E-state index in [9.17, 15) is 30.0 Å². The highest BCUT2D eigenvalue weighted by Crippen LogP contribution is 2.23. The van der Waals surface area contributed by atoms with E-state index in [1.807, 2.05) is 0 Å². The van der Waals surface area contributed by atoms with Crippen molar-refractivity contribution in [2.75, 3.05) is 0 Å². The van der Waals surface area contributed by atoms with Crippen molar-refractivity contribution in [1.29, 1.82) is 0 Å². The van der Waals surface area contributed by atoms with Gasteiger partial charge in [0.1, 0.15) is 0 Å². The maximum Gasteiger partial charge on any atom is 0.418 e. The van der Waals surface area contributed by atoms with Crippen molar-refractivity contribution in [3.8, 4) is 0 Å². The van der Waals surface area contributed by atoms with Gasteiger partial charge in [0.05, 0.1) is 9.79 Å². The molecule has 6 nitrogen and oxygen atoms in total. The van der Waals surface area contributed by atoms with Crippen LogP contribution in [0.25, 0.3) is 0 Å². The highest BCUT2D eigenvalue weighted by Gasteiger charge is 2.45. The van der Waals surface area contributed by atoms with Crippen LogP contribution in [0.4, 0.5) is 13.2 Å². The number of benzene rings is 2. The summed E-state index contributed by atoms with van der Waals surface area (Å²) in [7, 11) is -9.24. The molecule has 0 bridgehead atoms. The van der Waals surface area contributed by atoms with Crippen molar-refractivity contribution < 1.29 is 30.0 Å². The lowest BCUT2D eigenvalue weighted by atomic mass is 10.2. The Labute approximate surface area is 155 Å². The van der Waals surface area contributed by atoms with Gasteiger partial charge in [-0.3, -0.25) is 0 Å². The summed E-state index contributed by atoms with van der Waals surface area (Å²) in [5.41, 5.74) is 1.42. The van der Waals surface area contributed by atoms with Crippen molar-refractivity contribution >= 4 is 20.0 Å². The monoisotopic (exact) mass is 422 g/mol. The van der Waals surface area contributed by atoms with Gasteiger partial charge in [-0.1, -0.05) is 35.4 Å². The summed E-state index contributed by atoms with van der Waals surface area (Å²) in [5.74, 6) is 0. The van der Waals surface area contributed by atoms with Gasteiger partial charge >= 0.3 is 6.18 Å². The molecule has 0 aromatic heterocycles. The second kappa shape index (κ2) is 7.58. The van der Waals surface area contributed by atoms with Gasteiger partial charge in [0.2, 0.25) is 20.0 Å². The quantitative estimate of drug-likeness (QED) is 0.700. The molecule has 2 rings (SSSR count). The highest BCUT2D eigenvalue weighted by molar-refractivity contribution is 7.90. The summed E-state index contributed by atoms with van der Waals surface area (Å²) in [6.45, 7) is 3.36. The number of hydrogen-bond donors (Lipinski definition) is 2. The van der Waals surface area contributed by atoms with Crippen LogP contribution in [0.3, 0.4) is 0 Å². The molecule has 0 atom stereocenters. The summed E-state index contributed by atoms with van der Waals surface area (Å²) in [6, 6.07) is 10.1. The van der Waals surface area contributed by atoms with E-state index in [1.165, 1.54) is 33.7 Å². The molecule has 2 aromatic carbocycles. The predicted octanol–water partition coefficient (Wildman–Crippen LogP) is 2.45. The number of nitrogens with one attached hydrogen (secondary N) is 2. The molecule has 0 amide bonds. The summed E-state index contributed by atoms with van der Waals surface area (Å²) in [6.07, 6.45) is -8.23. The molecule has 0 aliphatic rings. The lowest BCUT2D eigenvalue weighted by molar-refractivity contribution is -0.153. The molecule has 2 aromatic rings. The fourth-order valence-electron chi connectivity index (χ4n) is 2.04. The van der Waals surface area contributed by atoms with Crippen LogP contribution in [0.5, 0.6) is 0 Å². The molecule has 148 valence electrons. The fourth-order valence-corrected chi connectivity index (χ4v) is 4.38. The van der Waals surface area contributed by atoms with Crippen LogP contribution in [0.2, 0.25) is 0 Å². The molecule has 2 N–H and O–H groups in total. The molecule has 0 saturated carbocycles. The van der Waals surface area contributed by atoms with E-state index in [-0.39, 0.29) is 0 Å². The van der Waals surface area contributed by atoms with Gasteiger partial charge in [-0.05, 0) is 38.1 Å². The maximum atomic E-state index is 13.3. The first-order valence-electron chi connectivity index (χ1n) is 7.56. The van der Waals surface area contributed by atoms with Gasteiger partial charge in [0.15, 0.2) is 6.17 Å².